The smallest absolute Gasteiger partial charge is 0.282 e. The molecule has 0 unspecified atom stereocenters. The van der Waals surface area contributed by atoms with Crippen LogP contribution in [0.1, 0.15) is 5.56 Å². The molecule has 7 heteroatoms. The van der Waals surface area contributed by atoms with Crippen molar-refractivity contribution >= 4 is 15.9 Å². The third kappa shape index (κ3) is 2.61. The summed E-state index contributed by atoms with van der Waals surface area (Å²) in [6.07, 6.45) is 0. The van der Waals surface area contributed by atoms with Crippen LogP contribution in [0.5, 0.6) is 0 Å². The largest absolute Gasteiger partial charge is 0.295 e. The highest BCUT2D eigenvalue weighted by atomic mass is 32.2. The van der Waals surface area contributed by atoms with Crippen LogP contribution in [-0.4, -0.2) is 19.6 Å². The molecule has 1 rings (SSSR count). The van der Waals surface area contributed by atoms with E-state index in [1.54, 1.807) is 0 Å². The normalized spacial score (nSPS) is 13.5. The van der Waals surface area contributed by atoms with Gasteiger partial charge in [0.2, 0.25) is 0 Å². The fourth-order valence-electron chi connectivity index (χ4n) is 1.08. The highest BCUT2D eigenvalue weighted by molar-refractivity contribution is 7.85. The van der Waals surface area contributed by atoms with E-state index in [2.05, 4.69) is 0 Å². The molecule has 0 saturated heterocycles. The van der Waals surface area contributed by atoms with E-state index in [-0.39, 0.29) is 0 Å². The van der Waals surface area contributed by atoms with Crippen LogP contribution in [0.25, 0.3) is 5.83 Å². The van der Waals surface area contributed by atoms with Gasteiger partial charge in [-0.1, -0.05) is 18.2 Å². The van der Waals surface area contributed by atoms with Crippen LogP contribution < -0.4 is 0 Å². The number of rotatable bonds is 3. The molecule has 88 valence electrons. The Morgan fingerprint density at radius 2 is 1.81 bits per heavy atom. The number of hydrogen-bond donors (Lipinski definition) is 1. The van der Waals surface area contributed by atoms with Gasteiger partial charge in [0.05, 0.1) is 0 Å². The number of alkyl halides is 1. The molecule has 3 nitrogen and oxygen atoms in total. The van der Waals surface area contributed by atoms with E-state index >= 15 is 0 Å². The zero-order valence-electron chi connectivity index (χ0n) is 7.82. The number of hydrogen-bond acceptors (Lipinski definition) is 2. The fourth-order valence-corrected chi connectivity index (χ4v) is 1.76. The summed E-state index contributed by atoms with van der Waals surface area (Å²) < 4.78 is 68.1. The van der Waals surface area contributed by atoms with E-state index in [1.807, 2.05) is 0 Å². The predicted molar refractivity (Wildman–Crippen MR) is 51.4 cm³/mol. The van der Waals surface area contributed by atoms with Gasteiger partial charge in [-0.25, -0.2) is 13.2 Å². The number of allylic oxidation sites excluding steroid dienone is 1. The van der Waals surface area contributed by atoms with E-state index in [0.29, 0.717) is 0 Å². The highest BCUT2D eigenvalue weighted by Crippen LogP contribution is 2.27. The second-order valence-electron chi connectivity index (χ2n) is 2.82. The van der Waals surface area contributed by atoms with Gasteiger partial charge >= 0.3 is 0 Å². The molecule has 0 aliphatic rings. The Labute approximate surface area is 90.0 Å². The molecule has 0 aliphatic carbocycles. The minimum Gasteiger partial charge on any atom is -0.282 e. The van der Waals surface area contributed by atoms with Crippen LogP contribution in [0.2, 0.25) is 0 Å². The van der Waals surface area contributed by atoms with Gasteiger partial charge in [-0.2, -0.15) is 8.42 Å². The Morgan fingerprint density at radius 1 is 1.25 bits per heavy atom. The Bertz CT molecular complexity index is 523. The second kappa shape index (κ2) is 4.67. The third-order valence-electron chi connectivity index (χ3n) is 1.76. The Hall–Kier alpha value is -1.34. The van der Waals surface area contributed by atoms with Gasteiger partial charge in [0.15, 0.2) is 11.7 Å². The summed E-state index contributed by atoms with van der Waals surface area (Å²) in [5, 5.41) is 0. The molecular weight excluding hydrogens is 245 g/mol. The van der Waals surface area contributed by atoms with Crippen molar-refractivity contribution in [3.05, 3.63) is 35.7 Å². The maximum absolute atomic E-state index is 13.2. The molecule has 0 radical (unpaired) electrons. The monoisotopic (exact) mass is 252 g/mol. The van der Waals surface area contributed by atoms with Crippen molar-refractivity contribution in [1.82, 2.24) is 0 Å². The van der Waals surface area contributed by atoms with E-state index in [0.717, 1.165) is 12.1 Å². The standard InChI is InChI=1S/C9H7F3O3S/c10-5-7(11)9(12)6-3-1-2-4-8(6)16(13,14)15/h1-4H,5H2,(H,13,14,15)/b9-7+. The van der Waals surface area contributed by atoms with Crippen molar-refractivity contribution in [3.8, 4) is 0 Å². The van der Waals surface area contributed by atoms with Gasteiger partial charge in [-0.05, 0) is 6.07 Å². The first-order valence-electron chi connectivity index (χ1n) is 4.05. The van der Waals surface area contributed by atoms with Gasteiger partial charge < -0.3 is 0 Å². The SMILES string of the molecule is O=S(=O)(O)c1ccccc1/C(F)=C(\F)CF. The predicted octanol–water partition coefficient (Wildman–Crippen LogP) is 2.51. The molecule has 0 bridgehead atoms. The summed E-state index contributed by atoms with van der Waals surface area (Å²) in [7, 11) is -4.68. The molecule has 1 N–H and O–H groups in total. The minimum absolute atomic E-state index is 0.708. The van der Waals surface area contributed by atoms with Gasteiger partial charge in [-0.15, -0.1) is 0 Å². The van der Waals surface area contributed by atoms with Crippen LogP contribution in [0.4, 0.5) is 13.2 Å². The second-order valence-corrected chi connectivity index (χ2v) is 4.21. The van der Waals surface area contributed by atoms with Crippen molar-refractivity contribution in [2.45, 2.75) is 4.90 Å². The maximum Gasteiger partial charge on any atom is 0.295 e. The fraction of sp³-hybridized carbons (Fsp3) is 0.111. The van der Waals surface area contributed by atoms with Crippen molar-refractivity contribution in [1.29, 1.82) is 0 Å². The van der Waals surface area contributed by atoms with E-state index < -0.39 is 38.9 Å². The van der Waals surface area contributed by atoms with E-state index in [9.17, 15) is 21.6 Å². The van der Waals surface area contributed by atoms with Crippen LogP contribution in [-0.2, 0) is 10.1 Å². The third-order valence-corrected chi connectivity index (χ3v) is 2.67. The molecule has 0 atom stereocenters. The van der Waals surface area contributed by atoms with Gasteiger partial charge in [0.1, 0.15) is 11.6 Å². The summed E-state index contributed by atoms with van der Waals surface area (Å²) in [5.41, 5.74) is -0.708. The van der Waals surface area contributed by atoms with Crippen molar-refractivity contribution < 1.29 is 26.1 Å². The van der Waals surface area contributed by atoms with Gasteiger partial charge in [0.25, 0.3) is 10.1 Å². The summed E-state index contributed by atoms with van der Waals surface area (Å²) in [6.45, 7) is -1.69. The Kier molecular flexibility index (Phi) is 3.71. The molecular formula is C9H7F3O3S. The topological polar surface area (TPSA) is 54.4 Å². The molecule has 16 heavy (non-hydrogen) atoms. The van der Waals surface area contributed by atoms with Crippen LogP contribution >= 0.6 is 0 Å². The van der Waals surface area contributed by atoms with Crippen molar-refractivity contribution in [2.75, 3.05) is 6.67 Å². The molecule has 1 aromatic rings. The molecule has 0 spiro atoms. The lowest BCUT2D eigenvalue weighted by molar-refractivity contribution is 0.450. The van der Waals surface area contributed by atoms with Crippen molar-refractivity contribution in [3.63, 3.8) is 0 Å². The average Bonchev–Trinajstić information content (AvgIpc) is 2.26. The summed E-state index contributed by atoms with van der Waals surface area (Å²) in [4.78, 5) is -0.809. The Morgan fingerprint density at radius 3 is 2.31 bits per heavy atom. The first kappa shape index (κ1) is 12.7. The van der Waals surface area contributed by atoms with Crippen LogP contribution in [0, 0.1) is 0 Å². The molecule has 0 aromatic heterocycles. The lowest BCUT2D eigenvalue weighted by Crippen LogP contribution is -2.02. The molecule has 1 aromatic carbocycles. The molecule has 0 heterocycles. The molecule has 0 amide bonds. The quantitative estimate of drug-likeness (QED) is 0.841. The first-order valence-corrected chi connectivity index (χ1v) is 5.49. The number of benzene rings is 1. The molecule has 0 aliphatic heterocycles. The zero-order valence-corrected chi connectivity index (χ0v) is 8.64. The molecule has 0 saturated carbocycles. The van der Waals surface area contributed by atoms with Crippen molar-refractivity contribution in [2.24, 2.45) is 0 Å². The Balaban J connectivity index is 3.48. The molecule has 0 fully saturated rings. The van der Waals surface area contributed by atoms with Gasteiger partial charge in [-0.3, -0.25) is 4.55 Å². The first-order chi connectivity index (χ1) is 7.38. The van der Waals surface area contributed by atoms with Crippen LogP contribution in [0.3, 0.4) is 0 Å². The lowest BCUT2D eigenvalue weighted by Gasteiger charge is -2.04. The minimum atomic E-state index is -4.68. The van der Waals surface area contributed by atoms with Crippen LogP contribution in [0.15, 0.2) is 35.0 Å². The summed E-state index contributed by atoms with van der Waals surface area (Å²) in [6, 6.07) is 4.26. The highest BCUT2D eigenvalue weighted by Gasteiger charge is 2.20. The average molecular weight is 252 g/mol. The van der Waals surface area contributed by atoms with E-state index in [4.69, 9.17) is 4.55 Å². The number of halogens is 3. The van der Waals surface area contributed by atoms with E-state index in [1.165, 1.54) is 12.1 Å². The summed E-state index contributed by atoms with van der Waals surface area (Å²) >= 11 is 0. The lowest BCUT2D eigenvalue weighted by atomic mass is 10.2. The maximum atomic E-state index is 13.2. The summed E-state index contributed by atoms with van der Waals surface area (Å²) in [5.74, 6) is -3.37. The van der Waals surface area contributed by atoms with Gasteiger partial charge in [0, 0.05) is 5.56 Å². The zero-order chi connectivity index (χ0) is 12.3.